The molecule has 0 amide bonds. The quantitative estimate of drug-likeness (QED) is 0.835. The van der Waals surface area contributed by atoms with Crippen LogP contribution in [0.15, 0.2) is 18.2 Å². The molecule has 2 unspecified atom stereocenters. The summed E-state index contributed by atoms with van der Waals surface area (Å²) in [4.78, 5) is 2.37. The Morgan fingerprint density at radius 2 is 2.20 bits per heavy atom. The van der Waals surface area contributed by atoms with Crippen LogP contribution in [0.4, 0.5) is 10.1 Å². The van der Waals surface area contributed by atoms with Gasteiger partial charge in [0.05, 0.1) is 0 Å². The van der Waals surface area contributed by atoms with E-state index < -0.39 is 0 Å². The van der Waals surface area contributed by atoms with Crippen molar-refractivity contribution in [3.63, 3.8) is 0 Å². The van der Waals surface area contributed by atoms with Crippen LogP contribution >= 0.6 is 11.8 Å². The van der Waals surface area contributed by atoms with Gasteiger partial charge >= 0.3 is 0 Å². The van der Waals surface area contributed by atoms with Gasteiger partial charge in [0.15, 0.2) is 0 Å². The number of anilines is 1. The Morgan fingerprint density at radius 3 is 2.95 bits per heavy atom. The Hall–Kier alpha value is -0.740. The molecule has 4 heteroatoms. The molecule has 1 heterocycles. The summed E-state index contributed by atoms with van der Waals surface area (Å²) >= 11 is 2.01. The maximum absolute atomic E-state index is 14.2. The van der Waals surface area contributed by atoms with Gasteiger partial charge in [0.1, 0.15) is 5.82 Å². The van der Waals surface area contributed by atoms with Gasteiger partial charge in [-0.3, -0.25) is 0 Å². The third kappa shape index (κ3) is 3.47. The summed E-state index contributed by atoms with van der Waals surface area (Å²) in [6, 6.07) is 5.90. The first-order valence-electron chi connectivity index (χ1n) is 7.51. The Labute approximate surface area is 126 Å². The van der Waals surface area contributed by atoms with E-state index in [1.165, 1.54) is 0 Å². The van der Waals surface area contributed by atoms with Crippen molar-refractivity contribution in [2.75, 3.05) is 23.7 Å². The molecule has 1 aromatic rings. The fraction of sp³-hybridized carbons (Fsp3) is 0.625. The molecule has 1 aromatic carbocycles. The maximum Gasteiger partial charge on any atom is 0.129 e. The molecule has 1 N–H and O–H groups in total. The van der Waals surface area contributed by atoms with Gasteiger partial charge in [-0.15, -0.1) is 0 Å². The van der Waals surface area contributed by atoms with Crippen LogP contribution in [0.5, 0.6) is 0 Å². The van der Waals surface area contributed by atoms with Crippen LogP contribution in [0.25, 0.3) is 0 Å². The Bertz CT molecular complexity index is 438. The summed E-state index contributed by atoms with van der Waals surface area (Å²) in [5.41, 5.74) is 1.88. The van der Waals surface area contributed by atoms with Gasteiger partial charge in [-0.25, -0.2) is 4.39 Å². The summed E-state index contributed by atoms with van der Waals surface area (Å²) in [6.07, 6.45) is 1.07. The van der Waals surface area contributed by atoms with Crippen molar-refractivity contribution in [2.45, 2.75) is 45.0 Å². The second kappa shape index (κ2) is 7.32. The number of nitrogens with one attached hydrogen (secondary N) is 1. The molecule has 2 rings (SSSR count). The second-order valence-corrected chi connectivity index (χ2v) is 6.91. The number of benzene rings is 1. The summed E-state index contributed by atoms with van der Waals surface area (Å²) in [5, 5.41) is 3.91. The standard InChI is InChI=1S/C16H25FN2S/c1-4-8-18-11-14-15(17)6-5-7-16(14)19-9-10-20-13(3)12(19)2/h5-7,12-13,18H,4,8-11H2,1-3H3. The first-order chi connectivity index (χ1) is 9.65. The van der Waals surface area contributed by atoms with Crippen LogP contribution in [0.1, 0.15) is 32.8 Å². The molecule has 0 aliphatic carbocycles. The number of hydrogen-bond donors (Lipinski definition) is 1. The molecular formula is C16H25FN2S. The lowest BCUT2D eigenvalue weighted by atomic mass is 10.1. The van der Waals surface area contributed by atoms with Crippen LogP contribution in [-0.4, -0.2) is 30.1 Å². The van der Waals surface area contributed by atoms with Crippen molar-refractivity contribution in [1.82, 2.24) is 5.32 Å². The molecule has 112 valence electrons. The van der Waals surface area contributed by atoms with E-state index in [1.54, 1.807) is 6.07 Å². The highest BCUT2D eigenvalue weighted by Gasteiger charge is 2.27. The second-order valence-electron chi connectivity index (χ2n) is 5.42. The minimum atomic E-state index is -0.0933. The van der Waals surface area contributed by atoms with Crippen LogP contribution in [0.2, 0.25) is 0 Å². The third-order valence-electron chi connectivity index (χ3n) is 4.02. The minimum absolute atomic E-state index is 0.0933. The highest BCUT2D eigenvalue weighted by atomic mass is 32.2. The van der Waals surface area contributed by atoms with Crippen LogP contribution in [-0.2, 0) is 6.54 Å². The highest BCUT2D eigenvalue weighted by molar-refractivity contribution is 8.00. The average molecular weight is 296 g/mol. The zero-order chi connectivity index (χ0) is 14.5. The molecular weight excluding hydrogens is 271 g/mol. The smallest absolute Gasteiger partial charge is 0.129 e. The lowest BCUT2D eigenvalue weighted by molar-refractivity contribution is 0.574. The minimum Gasteiger partial charge on any atom is -0.367 e. The van der Waals surface area contributed by atoms with Gasteiger partial charge in [0.2, 0.25) is 0 Å². The van der Waals surface area contributed by atoms with Gasteiger partial charge in [0, 0.05) is 41.4 Å². The van der Waals surface area contributed by atoms with Crippen LogP contribution < -0.4 is 10.2 Å². The predicted molar refractivity (Wildman–Crippen MR) is 87.1 cm³/mol. The van der Waals surface area contributed by atoms with E-state index in [0.29, 0.717) is 17.8 Å². The average Bonchev–Trinajstić information content (AvgIpc) is 2.44. The summed E-state index contributed by atoms with van der Waals surface area (Å²) in [7, 11) is 0. The summed E-state index contributed by atoms with van der Waals surface area (Å²) < 4.78 is 14.2. The fourth-order valence-corrected chi connectivity index (χ4v) is 3.75. The number of hydrogen-bond acceptors (Lipinski definition) is 3. The molecule has 2 atom stereocenters. The lowest BCUT2D eigenvalue weighted by Gasteiger charge is -2.40. The SMILES string of the molecule is CCCNCc1c(F)cccc1N1CCSC(C)C1C. The largest absolute Gasteiger partial charge is 0.367 e. The molecule has 0 aromatic heterocycles. The molecule has 20 heavy (non-hydrogen) atoms. The first-order valence-corrected chi connectivity index (χ1v) is 8.56. The molecule has 1 saturated heterocycles. The number of thioether (sulfide) groups is 1. The van der Waals surface area contributed by atoms with Crippen molar-refractivity contribution in [2.24, 2.45) is 0 Å². The molecule has 1 aliphatic heterocycles. The summed E-state index contributed by atoms with van der Waals surface area (Å²) in [5.74, 6) is 1.02. The zero-order valence-electron chi connectivity index (χ0n) is 12.7. The van der Waals surface area contributed by atoms with E-state index in [1.807, 2.05) is 17.8 Å². The van der Waals surface area contributed by atoms with E-state index >= 15 is 0 Å². The van der Waals surface area contributed by atoms with Gasteiger partial charge in [0.25, 0.3) is 0 Å². The number of halogens is 1. The molecule has 0 bridgehead atoms. The Kier molecular flexibility index (Phi) is 5.73. The van der Waals surface area contributed by atoms with Crippen molar-refractivity contribution in [1.29, 1.82) is 0 Å². The first kappa shape index (κ1) is 15.6. The molecule has 1 aliphatic rings. The zero-order valence-corrected chi connectivity index (χ0v) is 13.5. The van der Waals surface area contributed by atoms with Crippen molar-refractivity contribution < 1.29 is 4.39 Å². The van der Waals surface area contributed by atoms with Gasteiger partial charge in [-0.2, -0.15) is 11.8 Å². The maximum atomic E-state index is 14.2. The fourth-order valence-electron chi connectivity index (χ4n) is 2.65. The Balaban J connectivity index is 2.23. The lowest BCUT2D eigenvalue weighted by Crippen LogP contribution is -2.45. The van der Waals surface area contributed by atoms with Gasteiger partial charge < -0.3 is 10.2 Å². The van der Waals surface area contributed by atoms with E-state index in [0.717, 1.165) is 36.5 Å². The normalized spacial score (nSPS) is 23.1. The Morgan fingerprint density at radius 1 is 1.40 bits per heavy atom. The molecule has 2 nitrogen and oxygen atoms in total. The van der Waals surface area contributed by atoms with E-state index in [4.69, 9.17) is 0 Å². The van der Waals surface area contributed by atoms with E-state index in [9.17, 15) is 4.39 Å². The van der Waals surface area contributed by atoms with Crippen molar-refractivity contribution >= 4 is 17.4 Å². The van der Waals surface area contributed by atoms with Crippen LogP contribution in [0.3, 0.4) is 0 Å². The van der Waals surface area contributed by atoms with Crippen molar-refractivity contribution in [3.8, 4) is 0 Å². The predicted octanol–water partition coefficient (Wildman–Crippen LogP) is 3.66. The molecule has 1 fully saturated rings. The van der Waals surface area contributed by atoms with E-state index in [-0.39, 0.29) is 5.82 Å². The van der Waals surface area contributed by atoms with Crippen molar-refractivity contribution in [3.05, 3.63) is 29.6 Å². The number of nitrogens with zero attached hydrogens (tertiary/aromatic N) is 1. The van der Waals surface area contributed by atoms with Crippen LogP contribution in [0, 0.1) is 5.82 Å². The molecule has 0 radical (unpaired) electrons. The summed E-state index contributed by atoms with van der Waals surface area (Å²) in [6.45, 7) is 9.16. The molecule has 0 spiro atoms. The monoisotopic (exact) mass is 296 g/mol. The topological polar surface area (TPSA) is 15.3 Å². The number of rotatable bonds is 5. The molecule has 0 saturated carbocycles. The third-order valence-corrected chi connectivity index (χ3v) is 5.35. The highest BCUT2D eigenvalue weighted by Crippen LogP contribution is 2.32. The van der Waals surface area contributed by atoms with Gasteiger partial charge in [-0.05, 0) is 32.0 Å². The van der Waals surface area contributed by atoms with E-state index in [2.05, 4.69) is 37.1 Å². The van der Waals surface area contributed by atoms with Gasteiger partial charge in [-0.1, -0.05) is 19.9 Å².